The van der Waals surface area contributed by atoms with Crippen LogP contribution in [0.25, 0.3) is 0 Å². The van der Waals surface area contributed by atoms with Crippen molar-refractivity contribution in [1.82, 2.24) is 0 Å². The third-order valence-corrected chi connectivity index (χ3v) is 2.97. The van der Waals surface area contributed by atoms with Gasteiger partial charge in [0.05, 0.1) is 12.0 Å². The molecule has 0 heterocycles. The zero-order valence-electron chi connectivity index (χ0n) is 11.9. The second kappa shape index (κ2) is 6.80. The van der Waals surface area contributed by atoms with E-state index in [1.165, 1.54) is 24.3 Å². The van der Waals surface area contributed by atoms with Gasteiger partial charge in [0.25, 0.3) is 0 Å². The highest BCUT2D eigenvalue weighted by Gasteiger charge is 2.34. The summed E-state index contributed by atoms with van der Waals surface area (Å²) in [4.78, 5) is 11.9. The molecule has 0 aromatic heterocycles. The fourth-order valence-corrected chi connectivity index (χ4v) is 1.79. The number of hydrogen-bond donors (Lipinski definition) is 1. The minimum absolute atomic E-state index is 0.0760. The molecule has 2 N–H and O–H groups in total. The van der Waals surface area contributed by atoms with E-state index in [0.29, 0.717) is 5.56 Å². The van der Waals surface area contributed by atoms with E-state index in [1.54, 1.807) is 13.8 Å². The molecule has 1 atom stereocenters. The van der Waals surface area contributed by atoms with Crippen LogP contribution in [0.5, 0.6) is 5.75 Å². The summed E-state index contributed by atoms with van der Waals surface area (Å²) in [7, 11) is 0. The van der Waals surface area contributed by atoms with Crippen LogP contribution in [0, 0.1) is 5.41 Å². The molecule has 0 fully saturated rings. The van der Waals surface area contributed by atoms with Gasteiger partial charge in [-0.2, -0.15) is 0 Å². The van der Waals surface area contributed by atoms with Gasteiger partial charge in [-0.25, -0.2) is 0 Å². The topological polar surface area (TPSA) is 61.5 Å². The first kappa shape index (κ1) is 17.3. The Labute approximate surface area is 121 Å². The molecule has 7 heteroatoms. The molecule has 0 saturated heterocycles. The van der Waals surface area contributed by atoms with Crippen molar-refractivity contribution in [3.8, 4) is 5.75 Å². The number of esters is 1. The van der Waals surface area contributed by atoms with Gasteiger partial charge in [0.15, 0.2) is 0 Å². The molecular formula is C14H18F3NO3. The van der Waals surface area contributed by atoms with E-state index in [9.17, 15) is 18.0 Å². The molecule has 21 heavy (non-hydrogen) atoms. The molecule has 1 aromatic carbocycles. The van der Waals surface area contributed by atoms with E-state index < -0.39 is 17.7 Å². The number of halogens is 3. The average molecular weight is 305 g/mol. The summed E-state index contributed by atoms with van der Waals surface area (Å²) in [6, 6.07) is 5.33. The lowest BCUT2D eigenvalue weighted by Gasteiger charge is -2.25. The van der Waals surface area contributed by atoms with E-state index in [2.05, 4.69) is 4.74 Å². The van der Waals surface area contributed by atoms with Crippen molar-refractivity contribution < 1.29 is 27.4 Å². The van der Waals surface area contributed by atoms with Crippen LogP contribution in [0.3, 0.4) is 0 Å². The van der Waals surface area contributed by atoms with Gasteiger partial charge >= 0.3 is 12.3 Å². The van der Waals surface area contributed by atoms with E-state index in [-0.39, 0.29) is 25.3 Å². The number of rotatable bonds is 6. The van der Waals surface area contributed by atoms with Gasteiger partial charge in [-0.05, 0) is 38.0 Å². The van der Waals surface area contributed by atoms with Crippen molar-refractivity contribution in [1.29, 1.82) is 0 Å². The third kappa shape index (κ3) is 5.26. The Kier molecular flexibility index (Phi) is 5.60. The normalized spacial score (nSPS) is 14.4. The lowest BCUT2D eigenvalue weighted by molar-refractivity contribution is -0.274. The predicted molar refractivity (Wildman–Crippen MR) is 70.6 cm³/mol. The van der Waals surface area contributed by atoms with Gasteiger partial charge in [0, 0.05) is 6.54 Å². The van der Waals surface area contributed by atoms with Crippen LogP contribution < -0.4 is 10.5 Å². The molecular weight excluding hydrogens is 287 g/mol. The lowest BCUT2D eigenvalue weighted by Crippen LogP contribution is -2.39. The van der Waals surface area contributed by atoms with Crippen molar-refractivity contribution >= 4 is 5.97 Å². The Bertz CT molecular complexity index is 473. The van der Waals surface area contributed by atoms with Crippen LogP contribution in [-0.4, -0.2) is 25.5 Å². The summed E-state index contributed by atoms with van der Waals surface area (Å²) >= 11 is 0. The number of ether oxygens (including phenoxy) is 2. The van der Waals surface area contributed by atoms with Gasteiger partial charge < -0.3 is 15.2 Å². The summed E-state index contributed by atoms with van der Waals surface area (Å²) in [6.45, 7) is 3.67. The van der Waals surface area contributed by atoms with Crippen LogP contribution in [0.4, 0.5) is 13.2 Å². The third-order valence-electron chi connectivity index (χ3n) is 2.97. The Morgan fingerprint density at radius 3 is 2.24 bits per heavy atom. The molecule has 0 radical (unpaired) electrons. The van der Waals surface area contributed by atoms with Crippen LogP contribution in [0.15, 0.2) is 24.3 Å². The second-order valence-electron chi connectivity index (χ2n) is 4.85. The Hall–Kier alpha value is -1.76. The van der Waals surface area contributed by atoms with Gasteiger partial charge in [0.1, 0.15) is 5.75 Å². The van der Waals surface area contributed by atoms with Gasteiger partial charge in [0.2, 0.25) is 0 Å². The molecule has 0 aliphatic heterocycles. The first-order valence-corrected chi connectivity index (χ1v) is 6.42. The SMILES string of the molecule is CCOC(=O)C(C)(CN)Cc1ccc(OC(F)(F)F)cc1. The van der Waals surface area contributed by atoms with E-state index in [1.807, 2.05) is 0 Å². The minimum Gasteiger partial charge on any atom is -0.466 e. The second-order valence-corrected chi connectivity index (χ2v) is 4.85. The zero-order chi connectivity index (χ0) is 16.1. The zero-order valence-corrected chi connectivity index (χ0v) is 11.9. The number of nitrogens with two attached hydrogens (primary N) is 1. The first-order chi connectivity index (χ1) is 9.70. The standard InChI is InChI=1S/C14H18F3NO3/c1-3-20-12(19)13(2,9-18)8-10-4-6-11(7-5-10)21-14(15,16)17/h4-7H,3,8-9,18H2,1-2H3. The number of carbonyl (C=O) groups is 1. The predicted octanol–water partition coefficient (Wildman–Crippen LogP) is 2.66. The van der Waals surface area contributed by atoms with Gasteiger partial charge in [-0.3, -0.25) is 4.79 Å². The summed E-state index contributed by atoms with van der Waals surface area (Å²) in [5.74, 6) is -0.736. The monoisotopic (exact) mass is 305 g/mol. The maximum absolute atomic E-state index is 12.1. The maximum Gasteiger partial charge on any atom is 0.573 e. The largest absolute Gasteiger partial charge is 0.573 e. The van der Waals surface area contributed by atoms with Crippen LogP contribution in [-0.2, 0) is 16.0 Å². The summed E-state index contributed by atoms with van der Waals surface area (Å²) in [5, 5.41) is 0. The number of benzene rings is 1. The van der Waals surface area contributed by atoms with Crippen molar-refractivity contribution in [2.75, 3.05) is 13.2 Å². The molecule has 0 saturated carbocycles. The Morgan fingerprint density at radius 1 is 1.24 bits per heavy atom. The molecule has 0 aliphatic carbocycles. The van der Waals surface area contributed by atoms with Crippen LogP contribution in [0.2, 0.25) is 0 Å². The number of alkyl halides is 3. The van der Waals surface area contributed by atoms with Crippen molar-refractivity contribution in [3.05, 3.63) is 29.8 Å². The Morgan fingerprint density at radius 2 is 1.81 bits per heavy atom. The highest BCUT2D eigenvalue weighted by molar-refractivity contribution is 5.77. The quantitative estimate of drug-likeness (QED) is 0.821. The molecule has 0 aliphatic rings. The van der Waals surface area contributed by atoms with E-state index >= 15 is 0 Å². The molecule has 1 rings (SSSR count). The highest BCUT2D eigenvalue weighted by atomic mass is 19.4. The molecule has 0 amide bonds. The molecule has 0 bridgehead atoms. The number of hydrogen-bond acceptors (Lipinski definition) is 4. The molecule has 0 spiro atoms. The van der Waals surface area contributed by atoms with Crippen LogP contribution >= 0.6 is 0 Å². The summed E-state index contributed by atoms with van der Waals surface area (Å²) < 4.78 is 44.9. The summed E-state index contributed by atoms with van der Waals surface area (Å²) in [6.07, 6.45) is -4.45. The van der Waals surface area contributed by atoms with E-state index in [0.717, 1.165) is 0 Å². The molecule has 1 aromatic rings. The van der Waals surface area contributed by atoms with Gasteiger partial charge in [-0.15, -0.1) is 13.2 Å². The smallest absolute Gasteiger partial charge is 0.466 e. The van der Waals surface area contributed by atoms with Crippen molar-refractivity contribution in [2.45, 2.75) is 26.6 Å². The van der Waals surface area contributed by atoms with Gasteiger partial charge in [-0.1, -0.05) is 12.1 Å². The minimum atomic E-state index is -4.72. The van der Waals surface area contributed by atoms with Crippen LogP contribution in [0.1, 0.15) is 19.4 Å². The molecule has 4 nitrogen and oxygen atoms in total. The number of carbonyl (C=O) groups excluding carboxylic acids is 1. The fourth-order valence-electron chi connectivity index (χ4n) is 1.79. The highest BCUT2D eigenvalue weighted by Crippen LogP contribution is 2.26. The van der Waals surface area contributed by atoms with E-state index in [4.69, 9.17) is 10.5 Å². The summed E-state index contributed by atoms with van der Waals surface area (Å²) in [5.41, 5.74) is 5.38. The Balaban J connectivity index is 2.80. The maximum atomic E-state index is 12.1. The molecule has 1 unspecified atom stereocenters. The lowest BCUT2D eigenvalue weighted by atomic mass is 9.83. The first-order valence-electron chi connectivity index (χ1n) is 6.42. The van der Waals surface area contributed by atoms with Crippen molar-refractivity contribution in [3.63, 3.8) is 0 Å². The fraction of sp³-hybridized carbons (Fsp3) is 0.500. The average Bonchev–Trinajstić information content (AvgIpc) is 2.39. The van der Waals surface area contributed by atoms with Crippen molar-refractivity contribution in [2.24, 2.45) is 11.1 Å². The molecule has 118 valence electrons.